The van der Waals surface area contributed by atoms with Crippen molar-refractivity contribution in [2.45, 2.75) is 0 Å². The maximum Gasteiger partial charge on any atom is 0.287 e. The number of benzene rings is 3. The zero-order chi connectivity index (χ0) is 27.1. The van der Waals surface area contributed by atoms with Gasteiger partial charge in [0.15, 0.2) is 11.5 Å². The second-order valence-electron chi connectivity index (χ2n) is 7.82. The highest BCUT2D eigenvalue weighted by atomic mass is 79.9. The summed E-state index contributed by atoms with van der Waals surface area (Å²) in [7, 11) is 5.26. The van der Waals surface area contributed by atoms with Crippen molar-refractivity contribution in [1.29, 1.82) is 0 Å². The first-order valence-corrected chi connectivity index (χ1v) is 12.7. The summed E-state index contributed by atoms with van der Waals surface area (Å²) >= 11 is 12.8. The number of halogens is 3. The fourth-order valence-corrected chi connectivity index (χ4v) is 4.16. The normalized spacial score (nSPS) is 11.4. The Labute approximate surface area is 236 Å². The number of aromatic hydroxyl groups is 1. The molecule has 2 amide bonds. The third-order valence-corrected chi connectivity index (χ3v) is 7.58. The molecule has 0 bridgehead atoms. The molecule has 3 N–H and O–H groups in total. The fraction of sp³-hybridized carbons (Fsp3) is 0.115. The minimum Gasteiger partial charge on any atom is -0.503 e. The number of rotatable bonds is 8. The van der Waals surface area contributed by atoms with Crippen molar-refractivity contribution in [3.63, 3.8) is 0 Å². The monoisotopic (exact) mass is 648 g/mol. The van der Waals surface area contributed by atoms with Gasteiger partial charge >= 0.3 is 0 Å². The van der Waals surface area contributed by atoms with Crippen molar-refractivity contribution < 1.29 is 19.4 Å². The number of carbonyl (C=O) groups is 2. The van der Waals surface area contributed by atoms with Crippen LogP contribution in [0.4, 0.5) is 5.69 Å². The van der Waals surface area contributed by atoms with E-state index >= 15 is 0 Å². The molecule has 0 saturated carbocycles. The van der Waals surface area contributed by atoms with Crippen molar-refractivity contribution in [3.05, 3.63) is 91.0 Å². The smallest absolute Gasteiger partial charge is 0.287 e. The number of hydrazone groups is 1. The first-order chi connectivity index (χ1) is 17.6. The van der Waals surface area contributed by atoms with Gasteiger partial charge < -0.3 is 20.1 Å². The van der Waals surface area contributed by atoms with Crippen LogP contribution in [0, 0.1) is 0 Å². The predicted octanol–water partition coefficient (Wildman–Crippen LogP) is 5.57. The van der Waals surface area contributed by atoms with Crippen LogP contribution < -0.4 is 20.4 Å². The predicted molar refractivity (Wildman–Crippen MR) is 153 cm³/mol. The minimum atomic E-state index is -0.658. The van der Waals surface area contributed by atoms with Crippen molar-refractivity contribution in [3.8, 4) is 11.5 Å². The molecule has 11 heteroatoms. The molecule has 0 aliphatic rings. The Morgan fingerprint density at radius 2 is 1.76 bits per heavy atom. The van der Waals surface area contributed by atoms with Crippen LogP contribution in [0.5, 0.6) is 11.5 Å². The molecular formula is C26H23Br2ClN4O4. The lowest BCUT2D eigenvalue weighted by Crippen LogP contribution is -2.33. The van der Waals surface area contributed by atoms with E-state index in [2.05, 4.69) is 47.7 Å². The zero-order valence-electron chi connectivity index (χ0n) is 20.1. The van der Waals surface area contributed by atoms with Crippen LogP contribution in [0.3, 0.4) is 0 Å². The van der Waals surface area contributed by atoms with Crippen molar-refractivity contribution in [2.24, 2.45) is 5.10 Å². The highest BCUT2D eigenvalue weighted by Gasteiger charge is 2.17. The van der Waals surface area contributed by atoms with Crippen LogP contribution in [-0.2, 0) is 4.79 Å². The molecule has 0 spiro atoms. The number of methoxy groups -OCH3 is 1. The van der Waals surface area contributed by atoms with E-state index in [0.717, 1.165) is 5.69 Å². The third-order valence-electron chi connectivity index (χ3n) is 5.10. The van der Waals surface area contributed by atoms with E-state index in [-0.39, 0.29) is 27.8 Å². The Morgan fingerprint density at radius 3 is 2.38 bits per heavy atom. The number of amides is 2. The highest BCUT2D eigenvalue weighted by Crippen LogP contribution is 2.41. The summed E-state index contributed by atoms with van der Waals surface area (Å²) in [5.41, 5.74) is 4.79. The average molecular weight is 651 g/mol. The van der Waals surface area contributed by atoms with E-state index in [1.807, 2.05) is 43.3 Å². The van der Waals surface area contributed by atoms with Gasteiger partial charge in [-0.1, -0.05) is 35.9 Å². The topological polar surface area (TPSA) is 103 Å². The van der Waals surface area contributed by atoms with Gasteiger partial charge in [0.25, 0.3) is 11.8 Å². The number of phenols is 1. The molecule has 0 unspecified atom stereocenters. The van der Waals surface area contributed by atoms with Gasteiger partial charge in [0, 0.05) is 29.8 Å². The van der Waals surface area contributed by atoms with Gasteiger partial charge in [0.1, 0.15) is 5.70 Å². The number of hydrogen-bond acceptors (Lipinski definition) is 6. The number of nitrogens with zero attached hydrogens (tertiary/aromatic N) is 2. The lowest BCUT2D eigenvalue weighted by atomic mass is 10.1. The maximum atomic E-state index is 13.1. The summed E-state index contributed by atoms with van der Waals surface area (Å²) < 4.78 is 6.03. The summed E-state index contributed by atoms with van der Waals surface area (Å²) in [6, 6.07) is 15.5. The highest BCUT2D eigenvalue weighted by molar-refractivity contribution is 9.13. The summed E-state index contributed by atoms with van der Waals surface area (Å²) in [6.07, 6.45) is 2.91. The molecule has 0 aliphatic carbocycles. The SMILES string of the molecule is COc1cc(C=NNC(=O)C(=Cc2ccc(N(C)C)cc2)NC(=O)c2ccccc2Cl)c(Br)c(Br)c1O. The number of carbonyl (C=O) groups excluding carboxylic acids is 2. The van der Waals surface area contributed by atoms with Crippen LogP contribution in [0.2, 0.25) is 5.02 Å². The number of nitrogens with one attached hydrogen (secondary N) is 2. The molecule has 0 heterocycles. The quantitative estimate of drug-likeness (QED) is 0.168. The van der Waals surface area contributed by atoms with Gasteiger partial charge in [-0.15, -0.1) is 0 Å². The van der Waals surface area contributed by atoms with E-state index in [1.54, 1.807) is 30.3 Å². The molecule has 0 aromatic heterocycles. The van der Waals surface area contributed by atoms with Crippen molar-refractivity contribution in [2.75, 3.05) is 26.1 Å². The molecule has 0 aliphatic heterocycles. The van der Waals surface area contributed by atoms with Gasteiger partial charge in [-0.05, 0) is 73.8 Å². The van der Waals surface area contributed by atoms with Gasteiger partial charge in [-0.2, -0.15) is 5.10 Å². The Kier molecular flexibility index (Phi) is 9.73. The zero-order valence-corrected chi connectivity index (χ0v) is 24.0. The standard InChI is InChI=1S/C26H23Br2ClN4O4/c1-33(2)17-10-8-15(9-11-17)12-20(31-25(35)18-6-4-5-7-19(18)29)26(36)32-30-14-16-13-21(37-3)24(34)23(28)22(16)27/h4-14,34H,1-3H3,(H,31,35)(H,32,36). The number of phenolic OH excluding ortho intramolecular Hbond substituents is 1. The van der Waals surface area contributed by atoms with E-state index in [0.29, 0.717) is 20.1 Å². The molecule has 37 heavy (non-hydrogen) atoms. The second-order valence-corrected chi connectivity index (χ2v) is 9.81. The Morgan fingerprint density at radius 1 is 1.08 bits per heavy atom. The summed E-state index contributed by atoms with van der Waals surface area (Å²) in [4.78, 5) is 27.9. The molecule has 3 rings (SSSR count). The lowest BCUT2D eigenvalue weighted by molar-refractivity contribution is -0.117. The first-order valence-electron chi connectivity index (χ1n) is 10.8. The summed E-state index contributed by atoms with van der Waals surface area (Å²) in [5, 5.41) is 17.0. The van der Waals surface area contributed by atoms with Crippen molar-refractivity contribution in [1.82, 2.24) is 10.7 Å². The van der Waals surface area contributed by atoms with Crippen LogP contribution in [-0.4, -0.2) is 44.3 Å². The van der Waals surface area contributed by atoms with Gasteiger partial charge in [-0.25, -0.2) is 5.43 Å². The van der Waals surface area contributed by atoms with Gasteiger partial charge in [0.05, 0.1) is 28.4 Å². The Hall–Kier alpha value is -3.34. The molecule has 192 valence electrons. The van der Waals surface area contributed by atoms with Gasteiger partial charge in [0.2, 0.25) is 0 Å². The van der Waals surface area contributed by atoms with Crippen LogP contribution in [0.25, 0.3) is 6.08 Å². The molecule has 0 saturated heterocycles. The number of hydrogen-bond donors (Lipinski definition) is 3. The molecule has 3 aromatic rings. The molecule has 0 radical (unpaired) electrons. The molecular weight excluding hydrogens is 628 g/mol. The Balaban J connectivity index is 1.89. The summed E-state index contributed by atoms with van der Waals surface area (Å²) in [6.45, 7) is 0. The van der Waals surface area contributed by atoms with E-state index in [9.17, 15) is 14.7 Å². The lowest BCUT2D eigenvalue weighted by Gasteiger charge is -2.13. The first kappa shape index (κ1) is 28.2. The molecule has 0 atom stereocenters. The minimum absolute atomic E-state index is 0.0387. The second kappa shape index (κ2) is 12.8. The van der Waals surface area contributed by atoms with Crippen molar-refractivity contribution >= 4 is 73.3 Å². The number of ether oxygens (including phenoxy) is 1. The largest absolute Gasteiger partial charge is 0.503 e. The van der Waals surface area contributed by atoms with E-state index < -0.39 is 11.8 Å². The molecule has 3 aromatic carbocycles. The van der Waals surface area contributed by atoms with Crippen LogP contribution in [0.15, 0.2) is 74.3 Å². The maximum absolute atomic E-state index is 13.1. The molecule has 8 nitrogen and oxygen atoms in total. The van der Waals surface area contributed by atoms with Gasteiger partial charge in [-0.3, -0.25) is 9.59 Å². The van der Waals surface area contributed by atoms with Crippen LogP contribution in [0.1, 0.15) is 21.5 Å². The van der Waals surface area contributed by atoms with E-state index in [1.165, 1.54) is 19.4 Å². The number of anilines is 1. The fourth-order valence-electron chi connectivity index (χ4n) is 3.11. The van der Waals surface area contributed by atoms with Crippen LogP contribution >= 0.6 is 43.5 Å². The third kappa shape index (κ3) is 7.12. The molecule has 0 fully saturated rings. The average Bonchev–Trinajstić information content (AvgIpc) is 2.88. The Bertz CT molecular complexity index is 1380. The summed E-state index contributed by atoms with van der Waals surface area (Å²) in [5.74, 6) is -1.06. The van der Waals surface area contributed by atoms with E-state index in [4.69, 9.17) is 16.3 Å².